The van der Waals surface area contributed by atoms with Crippen LogP contribution in [0.4, 0.5) is 13.2 Å². The van der Waals surface area contributed by atoms with Crippen molar-refractivity contribution in [3.05, 3.63) is 0 Å². The number of amides is 1. The molecule has 1 rings (SSSR count). The number of rotatable bonds is 3. The third-order valence-electron chi connectivity index (χ3n) is 2.07. The molecule has 1 heterocycles. The minimum Gasteiger partial charge on any atom is -0.379 e. The van der Waals surface area contributed by atoms with Crippen molar-refractivity contribution >= 4 is 5.91 Å². The standard InChI is InChI=1S/C8H13F3N2O2/c9-8(10,11)7(14)12-1-2-13-3-5-15-6-4-13/h1-6H2,(H,12,14). The number of carbonyl (C=O) groups excluding carboxylic acids is 1. The van der Waals surface area contributed by atoms with Crippen molar-refractivity contribution in [2.45, 2.75) is 6.18 Å². The van der Waals surface area contributed by atoms with E-state index in [-0.39, 0.29) is 6.54 Å². The summed E-state index contributed by atoms with van der Waals surface area (Å²) in [6.07, 6.45) is -4.79. The average molecular weight is 226 g/mol. The van der Waals surface area contributed by atoms with E-state index in [0.717, 1.165) is 0 Å². The molecular formula is C8H13F3N2O2. The van der Waals surface area contributed by atoms with Gasteiger partial charge in [0.05, 0.1) is 13.2 Å². The lowest BCUT2D eigenvalue weighted by molar-refractivity contribution is -0.173. The number of hydrogen-bond acceptors (Lipinski definition) is 3. The molecule has 0 bridgehead atoms. The van der Waals surface area contributed by atoms with Gasteiger partial charge in [-0.1, -0.05) is 0 Å². The molecule has 88 valence electrons. The van der Waals surface area contributed by atoms with Crippen LogP contribution in [0.3, 0.4) is 0 Å². The number of halogens is 3. The minimum atomic E-state index is -4.79. The highest BCUT2D eigenvalue weighted by Crippen LogP contribution is 2.13. The lowest BCUT2D eigenvalue weighted by Gasteiger charge is -2.26. The van der Waals surface area contributed by atoms with Crippen LogP contribution >= 0.6 is 0 Å². The summed E-state index contributed by atoms with van der Waals surface area (Å²) in [4.78, 5) is 12.4. The monoisotopic (exact) mass is 226 g/mol. The van der Waals surface area contributed by atoms with Crippen LogP contribution in [-0.4, -0.2) is 56.4 Å². The zero-order valence-corrected chi connectivity index (χ0v) is 8.14. The molecule has 0 aliphatic carbocycles. The molecule has 0 aromatic rings. The highest BCUT2D eigenvalue weighted by molar-refractivity contribution is 5.81. The number of morpholine rings is 1. The van der Waals surface area contributed by atoms with Gasteiger partial charge in [-0.15, -0.1) is 0 Å². The summed E-state index contributed by atoms with van der Waals surface area (Å²) in [7, 11) is 0. The first-order chi connectivity index (χ1) is 7.00. The predicted molar refractivity (Wildman–Crippen MR) is 46.3 cm³/mol. The number of ether oxygens (including phenoxy) is 1. The van der Waals surface area contributed by atoms with Gasteiger partial charge in [0.25, 0.3) is 0 Å². The van der Waals surface area contributed by atoms with Gasteiger partial charge in [0, 0.05) is 26.2 Å². The molecule has 0 aromatic carbocycles. The molecule has 0 aromatic heterocycles. The van der Waals surface area contributed by atoms with Gasteiger partial charge in [0.15, 0.2) is 0 Å². The van der Waals surface area contributed by atoms with Crippen molar-refractivity contribution in [1.82, 2.24) is 10.2 Å². The van der Waals surface area contributed by atoms with Gasteiger partial charge in [-0.2, -0.15) is 13.2 Å². The van der Waals surface area contributed by atoms with Gasteiger partial charge < -0.3 is 10.1 Å². The minimum absolute atomic E-state index is 0.0122. The molecular weight excluding hydrogens is 213 g/mol. The largest absolute Gasteiger partial charge is 0.471 e. The second-order valence-corrected chi connectivity index (χ2v) is 3.21. The molecule has 15 heavy (non-hydrogen) atoms. The maximum absolute atomic E-state index is 11.8. The SMILES string of the molecule is O=C(NCCN1CCOCC1)C(F)(F)F. The van der Waals surface area contributed by atoms with E-state index in [1.165, 1.54) is 0 Å². The third kappa shape index (κ3) is 4.48. The lowest BCUT2D eigenvalue weighted by Crippen LogP contribution is -2.44. The molecule has 1 N–H and O–H groups in total. The molecule has 1 aliphatic heterocycles. The molecule has 0 radical (unpaired) electrons. The van der Waals surface area contributed by atoms with Crippen LogP contribution in [0, 0.1) is 0 Å². The second kappa shape index (κ2) is 5.32. The zero-order chi connectivity index (χ0) is 11.3. The molecule has 1 saturated heterocycles. The Labute approximate surface area is 85.4 Å². The summed E-state index contributed by atoms with van der Waals surface area (Å²) in [5.41, 5.74) is 0. The quantitative estimate of drug-likeness (QED) is 0.736. The van der Waals surface area contributed by atoms with E-state index in [0.29, 0.717) is 32.8 Å². The Kier molecular flexibility index (Phi) is 4.34. The first-order valence-corrected chi connectivity index (χ1v) is 4.65. The fourth-order valence-corrected chi connectivity index (χ4v) is 1.25. The molecule has 0 atom stereocenters. The van der Waals surface area contributed by atoms with Crippen molar-refractivity contribution in [3.8, 4) is 0 Å². The van der Waals surface area contributed by atoms with E-state index in [9.17, 15) is 18.0 Å². The first kappa shape index (κ1) is 12.3. The van der Waals surface area contributed by atoms with Crippen molar-refractivity contribution in [2.24, 2.45) is 0 Å². The van der Waals surface area contributed by atoms with E-state index in [4.69, 9.17) is 4.74 Å². The van der Waals surface area contributed by atoms with Crippen LogP contribution in [0.1, 0.15) is 0 Å². The van der Waals surface area contributed by atoms with Crippen molar-refractivity contribution in [1.29, 1.82) is 0 Å². The van der Waals surface area contributed by atoms with Gasteiger partial charge in [-0.3, -0.25) is 9.69 Å². The van der Waals surface area contributed by atoms with Crippen LogP contribution in [0.5, 0.6) is 0 Å². The summed E-state index contributed by atoms with van der Waals surface area (Å²) in [5.74, 6) is -1.88. The second-order valence-electron chi connectivity index (χ2n) is 3.21. The lowest BCUT2D eigenvalue weighted by atomic mass is 10.4. The molecule has 0 saturated carbocycles. The molecule has 0 unspecified atom stereocenters. The van der Waals surface area contributed by atoms with Gasteiger partial charge in [-0.25, -0.2) is 0 Å². The number of alkyl halides is 3. The third-order valence-corrected chi connectivity index (χ3v) is 2.07. The summed E-state index contributed by atoms with van der Waals surface area (Å²) in [6, 6.07) is 0. The van der Waals surface area contributed by atoms with Crippen molar-refractivity contribution in [2.75, 3.05) is 39.4 Å². The normalized spacial score (nSPS) is 18.9. The number of carbonyl (C=O) groups is 1. The smallest absolute Gasteiger partial charge is 0.379 e. The fourth-order valence-electron chi connectivity index (χ4n) is 1.25. The van der Waals surface area contributed by atoms with Crippen LogP contribution in [0.15, 0.2) is 0 Å². The van der Waals surface area contributed by atoms with Crippen LogP contribution in [0.2, 0.25) is 0 Å². The van der Waals surface area contributed by atoms with Crippen LogP contribution < -0.4 is 5.32 Å². The Morgan fingerprint density at radius 1 is 1.33 bits per heavy atom. The summed E-state index contributed by atoms with van der Waals surface area (Å²) >= 11 is 0. The predicted octanol–water partition coefficient (Wildman–Crippen LogP) is -0.00290. The Morgan fingerprint density at radius 2 is 1.93 bits per heavy atom. The summed E-state index contributed by atoms with van der Waals surface area (Å²) in [5, 5.41) is 1.82. The van der Waals surface area contributed by atoms with E-state index < -0.39 is 12.1 Å². The Hall–Kier alpha value is -0.820. The zero-order valence-electron chi connectivity index (χ0n) is 8.14. The Bertz CT molecular complexity index is 214. The maximum Gasteiger partial charge on any atom is 0.471 e. The van der Waals surface area contributed by atoms with Crippen molar-refractivity contribution in [3.63, 3.8) is 0 Å². The molecule has 7 heteroatoms. The van der Waals surface area contributed by atoms with E-state index in [2.05, 4.69) is 0 Å². The average Bonchev–Trinajstić information content (AvgIpc) is 2.18. The van der Waals surface area contributed by atoms with Crippen LogP contribution in [0.25, 0.3) is 0 Å². The molecule has 1 aliphatic rings. The van der Waals surface area contributed by atoms with Gasteiger partial charge >= 0.3 is 12.1 Å². The number of nitrogens with zero attached hydrogens (tertiary/aromatic N) is 1. The van der Waals surface area contributed by atoms with Crippen LogP contribution in [-0.2, 0) is 9.53 Å². The number of nitrogens with one attached hydrogen (secondary N) is 1. The topological polar surface area (TPSA) is 41.6 Å². The Balaban J connectivity index is 2.12. The molecule has 1 fully saturated rings. The number of hydrogen-bond donors (Lipinski definition) is 1. The van der Waals surface area contributed by atoms with Gasteiger partial charge in [0.2, 0.25) is 0 Å². The van der Waals surface area contributed by atoms with Gasteiger partial charge in [-0.05, 0) is 0 Å². The highest BCUT2D eigenvalue weighted by atomic mass is 19.4. The van der Waals surface area contributed by atoms with Crippen molar-refractivity contribution < 1.29 is 22.7 Å². The molecule has 4 nitrogen and oxygen atoms in total. The van der Waals surface area contributed by atoms with E-state index in [1.807, 2.05) is 10.2 Å². The first-order valence-electron chi connectivity index (χ1n) is 4.65. The highest BCUT2D eigenvalue weighted by Gasteiger charge is 2.38. The summed E-state index contributed by atoms with van der Waals surface area (Å²) in [6.45, 7) is 3.01. The molecule has 1 amide bonds. The van der Waals surface area contributed by atoms with E-state index >= 15 is 0 Å². The fraction of sp³-hybridized carbons (Fsp3) is 0.875. The molecule has 0 spiro atoms. The Morgan fingerprint density at radius 3 is 2.47 bits per heavy atom. The maximum atomic E-state index is 11.8. The summed E-state index contributed by atoms with van der Waals surface area (Å²) < 4.78 is 40.4. The van der Waals surface area contributed by atoms with Gasteiger partial charge in [0.1, 0.15) is 0 Å². The van der Waals surface area contributed by atoms with E-state index in [1.54, 1.807) is 0 Å².